The number of urea groups is 1. The zero-order valence-corrected chi connectivity index (χ0v) is 12.6. The summed E-state index contributed by atoms with van der Waals surface area (Å²) >= 11 is 0. The highest BCUT2D eigenvalue weighted by molar-refractivity contribution is 5.88. The van der Waals surface area contributed by atoms with E-state index in [-0.39, 0.29) is 18.5 Å². The van der Waals surface area contributed by atoms with Crippen molar-refractivity contribution < 1.29 is 14.7 Å². The van der Waals surface area contributed by atoms with Crippen molar-refractivity contribution >= 4 is 17.7 Å². The highest BCUT2D eigenvalue weighted by atomic mass is 16.4. The topological polar surface area (TPSA) is 96.2 Å². The molecule has 3 N–H and O–H groups in total. The molecule has 0 fully saturated rings. The van der Waals surface area contributed by atoms with Crippen molar-refractivity contribution in [1.29, 1.82) is 0 Å². The highest BCUT2D eigenvalue weighted by Gasteiger charge is 2.05. The van der Waals surface area contributed by atoms with Crippen LogP contribution >= 0.6 is 0 Å². The van der Waals surface area contributed by atoms with Gasteiger partial charge in [0.15, 0.2) is 0 Å². The van der Waals surface area contributed by atoms with Crippen LogP contribution in [0.1, 0.15) is 52.0 Å². The third-order valence-corrected chi connectivity index (χ3v) is 2.99. The van der Waals surface area contributed by atoms with Gasteiger partial charge in [-0.25, -0.2) is 4.79 Å². The largest absolute Gasteiger partial charge is 0.481 e. The second-order valence-corrected chi connectivity index (χ2v) is 5.24. The van der Waals surface area contributed by atoms with Gasteiger partial charge in [0.2, 0.25) is 0 Å². The van der Waals surface area contributed by atoms with Gasteiger partial charge in [-0.2, -0.15) is 5.10 Å². The Balaban J connectivity index is 2.09. The Morgan fingerprint density at radius 3 is 2.62 bits per heavy atom. The fraction of sp³-hybridized carbons (Fsp3) is 0.643. The minimum atomic E-state index is -0.755. The molecule has 7 nitrogen and oxygen atoms in total. The predicted molar refractivity (Wildman–Crippen MR) is 80.4 cm³/mol. The molecule has 2 amide bonds. The molecule has 1 aromatic rings. The molecule has 0 saturated carbocycles. The number of carbonyl (C=O) groups is 2. The first-order chi connectivity index (χ1) is 9.99. The number of hydrogen-bond donors (Lipinski definition) is 3. The van der Waals surface area contributed by atoms with Crippen LogP contribution < -0.4 is 10.6 Å². The van der Waals surface area contributed by atoms with Crippen LogP contribution in [-0.4, -0.2) is 33.4 Å². The summed E-state index contributed by atoms with van der Waals surface area (Å²) in [7, 11) is 0. The summed E-state index contributed by atoms with van der Waals surface area (Å²) in [5, 5.41) is 18.1. The average molecular weight is 296 g/mol. The summed E-state index contributed by atoms with van der Waals surface area (Å²) in [5.41, 5.74) is 0.669. The van der Waals surface area contributed by atoms with Gasteiger partial charge < -0.3 is 15.7 Å². The number of rotatable bonds is 9. The van der Waals surface area contributed by atoms with Crippen LogP contribution in [0.3, 0.4) is 0 Å². The van der Waals surface area contributed by atoms with Gasteiger partial charge >= 0.3 is 12.0 Å². The van der Waals surface area contributed by atoms with Crippen molar-refractivity contribution in [3.63, 3.8) is 0 Å². The number of carboxylic acids is 1. The van der Waals surface area contributed by atoms with Gasteiger partial charge in [0.25, 0.3) is 0 Å². The monoisotopic (exact) mass is 296 g/mol. The molecule has 0 aliphatic rings. The fourth-order valence-corrected chi connectivity index (χ4v) is 1.82. The number of aromatic nitrogens is 2. The lowest BCUT2D eigenvalue weighted by Gasteiger charge is -2.06. The van der Waals surface area contributed by atoms with Gasteiger partial charge in [-0.3, -0.25) is 9.48 Å². The zero-order valence-electron chi connectivity index (χ0n) is 12.6. The van der Waals surface area contributed by atoms with Gasteiger partial charge in [0.05, 0.1) is 11.9 Å². The molecule has 0 aliphatic heterocycles. The summed E-state index contributed by atoms with van der Waals surface area (Å²) < 4.78 is 1.78. The van der Waals surface area contributed by atoms with E-state index in [2.05, 4.69) is 15.7 Å². The van der Waals surface area contributed by atoms with Crippen molar-refractivity contribution in [1.82, 2.24) is 15.1 Å². The summed E-state index contributed by atoms with van der Waals surface area (Å²) in [6.45, 7) is 4.61. The van der Waals surface area contributed by atoms with Crippen LogP contribution in [0.15, 0.2) is 12.4 Å². The number of unbranched alkanes of at least 4 members (excludes halogenated alkanes) is 3. The Morgan fingerprint density at radius 2 is 2.00 bits per heavy atom. The smallest absolute Gasteiger partial charge is 0.319 e. The normalized spacial score (nSPS) is 10.6. The predicted octanol–water partition coefficient (Wildman–Crippen LogP) is 2.62. The van der Waals surface area contributed by atoms with Gasteiger partial charge in [0, 0.05) is 25.2 Å². The molecular weight excluding hydrogens is 272 g/mol. The molecule has 0 atom stereocenters. The Morgan fingerprint density at radius 1 is 1.29 bits per heavy atom. The number of anilines is 1. The molecular formula is C14H24N4O3. The number of hydrogen-bond acceptors (Lipinski definition) is 3. The summed E-state index contributed by atoms with van der Waals surface area (Å²) in [4.78, 5) is 22.0. The number of aliphatic carboxylic acids is 1. The minimum absolute atomic E-state index is 0.216. The second-order valence-electron chi connectivity index (χ2n) is 5.24. The molecule has 1 rings (SSSR count). The molecule has 0 aliphatic carbocycles. The van der Waals surface area contributed by atoms with Gasteiger partial charge in [-0.15, -0.1) is 0 Å². The summed E-state index contributed by atoms with van der Waals surface area (Å²) in [6.07, 6.45) is 6.94. The number of amides is 2. The van der Waals surface area contributed by atoms with Gasteiger partial charge in [-0.1, -0.05) is 12.8 Å². The van der Waals surface area contributed by atoms with E-state index in [1.54, 1.807) is 17.1 Å². The number of nitrogens with one attached hydrogen (secondary N) is 2. The van der Waals surface area contributed by atoms with Crippen LogP contribution in [-0.2, 0) is 4.79 Å². The molecule has 0 spiro atoms. The molecule has 0 saturated heterocycles. The Kier molecular flexibility index (Phi) is 7.28. The third-order valence-electron chi connectivity index (χ3n) is 2.99. The second kappa shape index (κ2) is 8.99. The van der Waals surface area contributed by atoms with Crippen LogP contribution in [0, 0.1) is 0 Å². The van der Waals surface area contributed by atoms with Crippen molar-refractivity contribution in [3.05, 3.63) is 12.4 Å². The van der Waals surface area contributed by atoms with E-state index in [0.717, 1.165) is 19.3 Å². The van der Waals surface area contributed by atoms with Gasteiger partial charge in [-0.05, 0) is 26.7 Å². The Hall–Kier alpha value is -2.05. The first kappa shape index (κ1) is 17.0. The molecule has 0 aromatic carbocycles. The summed E-state index contributed by atoms with van der Waals surface area (Å²) in [6, 6.07) is 0.0123. The van der Waals surface area contributed by atoms with Crippen LogP contribution in [0.4, 0.5) is 10.5 Å². The van der Waals surface area contributed by atoms with E-state index in [1.165, 1.54) is 0 Å². The molecule has 1 aromatic heterocycles. The maximum atomic E-state index is 11.6. The van der Waals surface area contributed by atoms with Gasteiger partial charge in [0.1, 0.15) is 0 Å². The van der Waals surface area contributed by atoms with Crippen molar-refractivity contribution in [3.8, 4) is 0 Å². The SMILES string of the molecule is CC(C)n1cc(NC(=O)NCCCCCCC(=O)O)cn1. The quantitative estimate of drug-likeness (QED) is 0.610. The van der Waals surface area contributed by atoms with Crippen molar-refractivity contribution in [2.75, 3.05) is 11.9 Å². The maximum Gasteiger partial charge on any atom is 0.319 e. The Bertz CT molecular complexity index is 457. The Labute approximate surface area is 124 Å². The maximum absolute atomic E-state index is 11.6. The molecule has 0 bridgehead atoms. The van der Waals surface area contributed by atoms with Crippen molar-refractivity contribution in [2.45, 2.75) is 52.0 Å². The van der Waals surface area contributed by atoms with Crippen LogP contribution in [0.2, 0.25) is 0 Å². The van der Waals surface area contributed by atoms with E-state index in [1.807, 2.05) is 13.8 Å². The van der Waals surface area contributed by atoms with Crippen LogP contribution in [0.25, 0.3) is 0 Å². The molecule has 0 radical (unpaired) electrons. The standard InChI is InChI=1S/C14H24N4O3/c1-11(2)18-10-12(9-16-18)17-14(21)15-8-6-4-3-5-7-13(19)20/h9-11H,3-8H2,1-2H3,(H,19,20)(H2,15,17,21). The summed E-state index contributed by atoms with van der Waals surface area (Å²) in [5.74, 6) is -0.755. The molecule has 118 valence electrons. The van der Waals surface area contributed by atoms with E-state index in [9.17, 15) is 9.59 Å². The van der Waals surface area contributed by atoms with Crippen molar-refractivity contribution in [2.24, 2.45) is 0 Å². The van der Waals surface area contributed by atoms with E-state index >= 15 is 0 Å². The lowest BCUT2D eigenvalue weighted by atomic mass is 10.1. The zero-order chi connectivity index (χ0) is 15.7. The molecule has 21 heavy (non-hydrogen) atoms. The van der Waals surface area contributed by atoms with E-state index in [4.69, 9.17) is 5.11 Å². The number of carbonyl (C=O) groups excluding carboxylic acids is 1. The highest BCUT2D eigenvalue weighted by Crippen LogP contribution is 2.09. The minimum Gasteiger partial charge on any atom is -0.481 e. The van der Waals surface area contributed by atoms with E-state index < -0.39 is 5.97 Å². The lowest BCUT2D eigenvalue weighted by molar-refractivity contribution is -0.137. The fourth-order valence-electron chi connectivity index (χ4n) is 1.82. The number of carboxylic acid groups (broad SMARTS) is 1. The number of nitrogens with zero attached hydrogens (tertiary/aromatic N) is 2. The third kappa shape index (κ3) is 7.34. The van der Waals surface area contributed by atoms with E-state index in [0.29, 0.717) is 18.7 Å². The lowest BCUT2D eigenvalue weighted by Crippen LogP contribution is -2.29. The molecule has 1 heterocycles. The first-order valence-corrected chi connectivity index (χ1v) is 7.30. The molecule has 0 unspecified atom stereocenters. The first-order valence-electron chi connectivity index (χ1n) is 7.30. The average Bonchev–Trinajstić information content (AvgIpc) is 2.86. The molecule has 7 heteroatoms. The van der Waals surface area contributed by atoms with Crippen LogP contribution in [0.5, 0.6) is 0 Å².